The first kappa shape index (κ1) is 23.8. The van der Waals surface area contributed by atoms with Gasteiger partial charge in [0.15, 0.2) is 5.65 Å². The van der Waals surface area contributed by atoms with Crippen LogP contribution in [0.5, 0.6) is 0 Å². The number of rotatable bonds is 6. The summed E-state index contributed by atoms with van der Waals surface area (Å²) in [6.45, 7) is 0.714. The third kappa shape index (κ3) is 5.35. The Morgan fingerprint density at radius 1 is 0.944 bits per heavy atom. The predicted octanol–water partition coefficient (Wildman–Crippen LogP) is 6.47. The van der Waals surface area contributed by atoms with E-state index in [2.05, 4.69) is 20.7 Å². The van der Waals surface area contributed by atoms with E-state index >= 15 is 0 Å². The van der Waals surface area contributed by atoms with Gasteiger partial charge in [0, 0.05) is 23.4 Å². The first-order chi connectivity index (χ1) is 17.4. The van der Waals surface area contributed by atoms with Crippen LogP contribution in [0.2, 0.25) is 0 Å². The molecule has 2 aromatic heterocycles. The third-order valence-electron chi connectivity index (χ3n) is 6.55. The number of benzene rings is 2. The number of fused-ring (bicyclic) bond motifs is 1. The molecule has 6 nitrogen and oxygen atoms in total. The monoisotopic (exact) mass is 493 g/mol. The second-order valence-corrected chi connectivity index (χ2v) is 9.11. The Morgan fingerprint density at radius 2 is 1.67 bits per heavy atom. The van der Waals surface area contributed by atoms with Crippen LogP contribution in [0.4, 0.5) is 24.8 Å². The van der Waals surface area contributed by atoms with Gasteiger partial charge in [0.05, 0.1) is 11.3 Å². The molecule has 9 heteroatoms. The number of anilines is 2. The number of pyridine rings is 1. The highest BCUT2D eigenvalue weighted by Gasteiger charge is 2.30. The molecule has 2 N–H and O–H groups in total. The molecule has 0 bridgehead atoms. The Bertz CT molecular complexity index is 1340. The molecule has 1 aliphatic rings. The van der Waals surface area contributed by atoms with Crippen LogP contribution in [0.15, 0.2) is 66.7 Å². The molecule has 1 fully saturated rings. The van der Waals surface area contributed by atoms with Crippen molar-refractivity contribution < 1.29 is 18.0 Å². The first-order valence-electron chi connectivity index (χ1n) is 12.1. The molecule has 2 aromatic carbocycles. The molecule has 5 rings (SSSR count). The number of alkyl halides is 3. The van der Waals surface area contributed by atoms with Gasteiger partial charge < -0.3 is 10.6 Å². The number of halogens is 3. The standard InChI is InChI=1S/C27H26F3N5O/c28-27(29,30)21-13-9-19(10-14-21)23-7-4-8-24-33-26(34-35(23)24)32-22-15-11-20(12-16-22)25(36)31-17-18-5-2-1-3-6-18/h4,7-16,18H,1-3,5-6,17H2,(H,31,36)(H,32,34). The smallest absolute Gasteiger partial charge is 0.352 e. The van der Waals surface area contributed by atoms with E-state index in [0.717, 1.165) is 12.1 Å². The Kier molecular flexibility index (Phi) is 6.63. The number of nitrogens with zero attached hydrogens (tertiary/aromatic N) is 3. The molecule has 0 atom stereocenters. The van der Waals surface area contributed by atoms with Crippen LogP contribution in [0.25, 0.3) is 16.9 Å². The summed E-state index contributed by atoms with van der Waals surface area (Å²) in [5.74, 6) is 0.820. The van der Waals surface area contributed by atoms with Crippen LogP contribution in [-0.2, 0) is 6.18 Å². The Labute approximate surface area is 206 Å². The van der Waals surface area contributed by atoms with E-state index in [0.29, 0.717) is 46.6 Å². The van der Waals surface area contributed by atoms with Gasteiger partial charge in [-0.3, -0.25) is 4.79 Å². The van der Waals surface area contributed by atoms with Crippen LogP contribution < -0.4 is 10.6 Å². The number of amides is 1. The van der Waals surface area contributed by atoms with E-state index in [1.807, 2.05) is 0 Å². The van der Waals surface area contributed by atoms with E-state index in [1.54, 1.807) is 47.0 Å². The zero-order chi connectivity index (χ0) is 25.1. The molecule has 2 heterocycles. The van der Waals surface area contributed by atoms with Crippen molar-refractivity contribution in [2.45, 2.75) is 38.3 Å². The van der Waals surface area contributed by atoms with Crippen molar-refractivity contribution >= 4 is 23.2 Å². The minimum atomic E-state index is -4.39. The van der Waals surface area contributed by atoms with Crippen molar-refractivity contribution in [2.24, 2.45) is 5.92 Å². The molecular weight excluding hydrogens is 467 g/mol. The van der Waals surface area contributed by atoms with Crippen molar-refractivity contribution in [2.75, 3.05) is 11.9 Å². The van der Waals surface area contributed by atoms with Gasteiger partial charge >= 0.3 is 6.18 Å². The summed E-state index contributed by atoms with van der Waals surface area (Å²) in [4.78, 5) is 17.0. The van der Waals surface area contributed by atoms with E-state index < -0.39 is 11.7 Å². The van der Waals surface area contributed by atoms with Gasteiger partial charge in [-0.2, -0.15) is 18.2 Å². The molecule has 0 unspecified atom stereocenters. The highest BCUT2D eigenvalue weighted by molar-refractivity contribution is 5.94. The van der Waals surface area contributed by atoms with E-state index in [1.165, 1.54) is 44.2 Å². The summed E-state index contributed by atoms with van der Waals surface area (Å²) in [5, 5.41) is 10.7. The van der Waals surface area contributed by atoms with Gasteiger partial charge in [-0.25, -0.2) is 4.52 Å². The van der Waals surface area contributed by atoms with Crippen LogP contribution in [-0.4, -0.2) is 27.0 Å². The average molecular weight is 494 g/mol. The highest BCUT2D eigenvalue weighted by Crippen LogP contribution is 2.31. The maximum Gasteiger partial charge on any atom is 0.416 e. The van der Waals surface area contributed by atoms with Gasteiger partial charge in [0.1, 0.15) is 0 Å². The summed E-state index contributed by atoms with van der Waals surface area (Å²) in [6, 6.07) is 17.4. The normalized spacial score (nSPS) is 14.6. The lowest BCUT2D eigenvalue weighted by atomic mass is 9.89. The summed E-state index contributed by atoms with van der Waals surface area (Å²) < 4.78 is 40.3. The van der Waals surface area contributed by atoms with Gasteiger partial charge in [-0.1, -0.05) is 37.5 Å². The Balaban J connectivity index is 1.28. The second kappa shape index (κ2) is 10.0. The fourth-order valence-corrected chi connectivity index (χ4v) is 4.57. The third-order valence-corrected chi connectivity index (χ3v) is 6.55. The van der Waals surface area contributed by atoms with Gasteiger partial charge in [0.2, 0.25) is 5.95 Å². The lowest BCUT2D eigenvalue weighted by molar-refractivity contribution is -0.137. The summed E-state index contributed by atoms with van der Waals surface area (Å²) in [5.41, 5.74) is 2.36. The van der Waals surface area contributed by atoms with Crippen molar-refractivity contribution in [3.05, 3.63) is 77.9 Å². The topological polar surface area (TPSA) is 71.3 Å². The SMILES string of the molecule is O=C(NCC1CCCCC1)c1ccc(Nc2nc3cccc(-c4ccc(C(F)(F)F)cc4)n3n2)cc1. The zero-order valence-electron chi connectivity index (χ0n) is 19.6. The Hall–Kier alpha value is -3.88. The van der Waals surface area contributed by atoms with Gasteiger partial charge in [-0.05, 0) is 67.3 Å². The first-order valence-corrected chi connectivity index (χ1v) is 12.1. The van der Waals surface area contributed by atoms with E-state index in [9.17, 15) is 18.0 Å². The van der Waals surface area contributed by atoms with Crippen molar-refractivity contribution in [3.63, 3.8) is 0 Å². The largest absolute Gasteiger partial charge is 0.416 e. The zero-order valence-corrected chi connectivity index (χ0v) is 19.6. The fourth-order valence-electron chi connectivity index (χ4n) is 4.57. The molecule has 0 aliphatic heterocycles. The van der Waals surface area contributed by atoms with Crippen LogP contribution in [0.3, 0.4) is 0 Å². The van der Waals surface area contributed by atoms with Crippen LogP contribution >= 0.6 is 0 Å². The molecule has 1 aliphatic carbocycles. The summed E-state index contributed by atoms with van der Waals surface area (Å²) >= 11 is 0. The highest BCUT2D eigenvalue weighted by atomic mass is 19.4. The summed E-state index contributed by atoms with van der Waals surface area (Å²) in [6.07, 6.45) is 1.73. The number of carbonyl (C=O) groups is 1. The number of nitrogens with one attached hydrogen (secondary N) is 2. The van der Waals surface area contributed by atoms with Gasteiger partial charge in [0.25, 0.3) is 5.91 Å². The maximum atomic E-state index is 12.9. The molecule has 0 saturated heterocycles. The number of carbonyl (C=O) groups excluding carboxylic acids is 1. The molecule has 186 valence electrons. The number of aromatic nitrogens is 3. The number of hydrogen-bond acceptors (Lipinski definition) is 4. The fraction of sp³-hybridized carbons (Fsp3) is 0.296. The van der Waals surface area contributed by atoms with E-state index in [-0.39, 0.29) is 5.91 Å². The summed E-state index contributed by atoms with van der Waals surface area (Å²) in [7, 11) is 0. The maximum absolute atomic E-state index is 12.9. The minimum absolute atomic E-state index is 0.0841. The molecule has 1 amide bonds. The molecular formula is C27H26F3N5O. The second-order valence-electron chi connectivity index (χ2n) is 9.11. The minimum Gasteiger partial charge on any atom is -0.352 e. The average Bonchev–Trinajstić information content (AvgIpc) is 3.30. The van der Waals surface area contributed by atoms with Crippen molar-refractivity contribution in [1.82, 2.24) is 19.9 Å². The lowest BCUT2D eigenvalue weighted by Crippen LogP contribution is -2.30. The number of hydrogen-bond donors (Lipinski definition) is 2. The van der Waals surface area contributed by atoms with Crippen molar-refractivity contribution in [1.29, 1.82) is 0 Å². The molecule has 0 spiro atoms. The molecule has 4 aromatic rings. The molecule has 36 heavy (non-hydrogen) atoms. The van der Waals surface area contributed by atoms with E-state index in [4.69, 9.17) is 0 Å². The molecule has 1 saturated carbocycles. The predicted molar refractivity (Wildman–Crippen MR) is 132 cm³/mol. The lowest BCUT2D eigenvalue weighted by Gasteiger charge is -2.21. The molecule has 0 radical (unpaired) electrons. The van der Waals surface area contributed by atoms with Crippen LogP contribution in [0.1, 0.15) is 48.0 Å². The van der Waals surface area contributed by atoms with Crippen molar-refractivity contribution in [3.8, 4) is 11.3 Å². The van der Waals surface area contributed by atoms with Gasteiger partial charge in [-0.15, -0.1) is 5.10 Å². The quantitative estimate of drug-likeness (QED) is 0.323. The van der Waals surface area contributed by atoms with Crippen LogP contribution in [0, 0.1) is 5.92 Å². The Morgan fingerprint density at radius 3 is 2.36 bits per heavy atom.